The molecule has 0 atom stereocenters. The molecule has 124 valence electrons. The van der Waals surface area contributed by atoms with Gasteiger partial charge in [-0.1, -0.05) is 31.0 Å². The smallest absolute Gasteiger partial charge is 0.254 e. The van der Waals surface area contributed by atoms with E-state index in [4.69, 9.17) is 14.0 Å². The number of likely N-dealkylation sites (N-methyl/N-ethyl adjacent to an activating group) is 1. The lowest BCUT2D eigenvalue weighted by molar-refractivity contribution is 0.183. The molecule has 1 fully saturated rings. The lowest BCUT2D eigenvalue weighted by atomic mass is 10.2. The summed E-state index contributed by atoms with van der Waals surface area (Å²) in [6.07, 6.45) is 5.32. The van der Waals surface area contributed by atoms with Crippen LogP contribution in [0.15, 0.2) is 40.9 Å². The third-order valence-electron chi connectivity index (χ3n) is 4.30. The van der Waals surface area contributed by atoms with Gasteiger partial charge in [-0.15, -0.1) is 0 Å². The highest BCUT2D eigenvalue weighted by atomic mass is 16.5. The van der Waals surface area contributed by atoms with Crippen molar-refractivity contribution in [2.75, 3.05) is 20.2 Å². The SMILES string of the molecule is CN(CCOc1cc(COc2ccccc2)on1)C1CCCC1. The minimum Gasteiger partial charge on any atom is -0.486 e. The number of nitrogens with zero attached hydrogens (tertiary/aromatic N) is 2. The normalized spacial score (nSPS) is 15.2. The van der Waals surface area contributed by atoms with E-state index in [2.05, 4.69) is 17.1 Å². The first-order chi connectivity index (χ1) is 11.3. The van der Waals surface area contributed by atoms with E-state index < -0.39 is 0 Å². The van der Waals surface area contributed by atoms with Gasteiger partial charge in [-0.25, -0.2) is 0 Å². The van der Waals surface area contributed by atoms with Crippen LogP contribution >= 0.6 is 0 Å². The predicted octanol–water partition coefficient (Wildman–Crippen LogP) is 3.51. The van der Waals surface area contributed by atoms with Crippen LogP contribution in [-0.4, -0.2) is 36.3 Å². The zero-order valence-electron chi connectivity index (χ0n) is 13.6. The fourth-order valence-electron chi connectivity index (χ4n) is 2.92. The van der Waals surface area contributed by atoms with E-state index in [9.17, 15) is 0 Å². The zero-order chi connectivity index (χ0) is 15.9. The third-order valence-corrected chi connectivity index (χ3v) is 4.30. The summed E-state index contributed by atoms with van der Waals surface area (Å²) in [5, 5.41) is 3.93. The van der Waals surface area contributed by atoms with Gasteiger partial charge in [-0.2, -0.15) is 0 Å². The lowest BCUT2D eigenvalue weighted by Crippen LogP contribution is -2.32. The summed E-state index contributed by atoms with van der Waals surface area (Å²) in [5.74, 6) is 1.99. The first kappa shape index (κ1) is 15.9. The molecular formula is C18H24N2O3. The first-order valence-corrected chi connectivity index (χ1v) is 8.28. The summed E-state index contributed by atoms with van der Waals surface area (Å²) in [4.78, 5) is 2.38. The quantitative estimate of drug-likeness (QED) is 0.746. The summed E-state index contributed by atoms with van der Waals surface area (Å²) in [7, 11) is 2.17. The molecule has 0 spiro atoms. The van der Waals surface area contributed by atoms with Crippen molar-refractivity contribution < 1.29 is 14.0 Å². The highest BCUT2D eigenvalue weighted by molar-refractivity contribution is 5.21. The maximum absolute atomic E-state index is 5.67. The highest BCUT2D eigenvalue weighted by Crippen LogP contribution is 2.22. The van der Waals surface area contributed by atoms with Gasteiger partial charge in [-0.3, -0.25) is 0 Å². The number of rotatable bonds is 8. The molecule has 1 aliphatic carbocycles. The fraction of sp³-hybridized carbons (Fsp3) is 0.500. The molecule has 5 heteroatoms. The van der Waals surface area contributed by atoms with Crippen molar-refractivity contribution in [1.82, 2.24) is 10.1 Å². The molecule has 0 unspecified atom stereocenters. The van der Waals surface area contributed by atoms with Crippen LogP contribution in [0, 0.1) is 0 Å². The Morgan fingerprint density at radius 2 is 1.96 bits per heavy atom. The number of para-hydroxylation sites is 1. The monoisotopic (exact) mass is 316 g/mol. The van der Waals surface area contributed by atoms with Crippen LogP contribution in [0.3, 0.4) is 0 Å². The number of aromatic nitrogens is 1. The van der Waals surface area contributed by atoms with Crippen LogP contribution in [0.1, 0.15) is 31.4 Å². The first-order valence-electron chi connectivity index (χ1n) is 8.28. The van der Waals surface area contributed by atoms with Gasteiger partial charge in [-0.05, 0) is 37.2 Å². The summed E-state index contributed by atoms with van der Waals surface area (Å²) < 4.78 is 16.5. The van der Waals surface area contributed by atoms with E-state index in [1.54, 1.807) is 6.07 Å². The Bertz CT molecular complexity index is 579. The summed E-state index contributed by atoms with van der Waals surface area (Å²) >= 11 is 0. The minimum atomic E-state index is 0.350. The average Bonchev–Trinajstić information content (AvgIpc) is 3.26. The Labute approximate surface area is 137 Å². The molecule has 0 radical (unpaired) electrons. The molecular weight excluding hydrogens is 292 g/mol. The summed E-state index contributed by atoms with van der Waals surface area (Å²) in [5.41, 5.74) is 0. The van der Waals surface area contributed by atoms with Gasteiger partial charge < -0.3 is 18.9 Å². The van der Waals surface area contributed by atoms with Crippen LogP contribution in [0.4, 0.5) is 0 Å². The van der Waals surface area contributed by atoms with Crippen LogP contribution in [-0.2, 0) is 6.61 Å². The second-order valence-corrected chi connectivity index (χ2v) is 6.00. The van der Waals surface area contributed by atoms with Crippen LogP contribution in [0.2, 0.25) is 0 Å². The van der Waals surface area contributed by atoms with Crippen molar-refractivity contribution >= 4 is 0 Å². The summed E-state index contributed by atoms with van der Waals surface area (Å²) in [6.45, 7) is 1.88. The molecule has 0 N–H and O–H groups in total. The van der Waals surface area contributed by atoms with Gasteiger partial charge in [0.1, 0.15) is 19.0 Å². The zero-order valence-corrected chi connectivity index (χ0v) is 13.6. The Morgan fingerprint density at radius 1 is 1.17 bits per heavy atom. The largest absolute Gasteiger partial charge is 0.486 e. The molecule has 1 aromatic heterocycles. The van der Waals surface area contributed by atoms with E-state index in [1.165, 1.54) is 25.7 Å². The molecule has 0 saturated heterocycles. The molecule has 1 heterocycles. The minimum absolute atomic E-state index is 0.350. The van der Waals surface area contributed by atoms with Crippen LogP contribution in [0.25, 0.3) is 0 Å². The van der Waals surface area contributed by atoms with E-state index in [0.717, 1.165) is 12.3 Å². The number of benzene rings is 1. The van der Waals surface area contributed by atoms with E-state index >= 15 is 0 Å². The summed E-state index contributed by atoms with van der Waals surface area (Å²) in [6, 6.07) is 12.1. The average molecular weight is 316 g/mol. The Morgan fingerprint density at radius 3 is 2.74 bits per heavy atom. The molecule has 1 saturated carbocycles. The van der Waals surface area contributed by atoms with Crippen molar-refractivity contribution in [2.24, 2.45) is 0 Å². The fourth-order valence-corrected chi connectivity index (χ4v) is 2.92. The maximum Gasteiger partial charge on any atom is 0.254 e. The second-order valence-electron chi connectivity index (χ2n) is 6.00. The highest BCUT2D eigenvalue weighted by Gasteiger charge is 2.19. The van der Waals surface area contributed by atoms with Gasteiger partial charge in [0.05, 0.1) is 0 Å². The molecule has 0 amide bonds. The number of hydrogen-bond donors (Lipinski definition) is 0. The lowest BCUT2D eigenvalue weighted by Gasteiger charge is -2.23. The Kier molecular flexibility index (Phi) is 5.53. The van der Waals surface area contributed by atoms with Gasteiger partial charge in [0, 0.05) is 18.7 Å². The maximum atomic E-state index is 5.67. The van der Waals surface area contributed by atoms with Crippen molar-refractivity contribution in [3.8, 4) is 11.6 Å². The van der Waals surface area contributed by atoms with Crippen LogP contribution < -0.4 is 9.47 Å². The molecule has 3 rings (SSSR count). The molecule has 2 aromatic rings. The van der Waals surface area contributed by atoms with Gasteiger partial charge in [0.25, 0.3) is 5.88 Å². The number of hydrogen-bond acceptors (Lipinski definition) is 5. The van der Waals surface area contributed by atoms with Crippen molar-refractivity contribution in [2.45, 2.75) is 38.3 Å². The van der Waals surface area contributed by atoms with Crippen molar-refractivity contribution in [3.63, 3.8) is 0 Å². The molecule has 0 aliphatic heterocycles. The standard InChI is InChI=1S/C18H24N2O3/c1-20(15-7-5-6-8-15)11-12-21-18-13-17(23-19-18)14-22-16-9-3-2-4-10-16/h2-4,9-10,13,15H,5-8,11-12,14H2,1H3. The molecule has 0 bridgehead atoms. The second kappa shape index (κ2) is 8.02. The predicted molar refractivity (Wildman–Crippen MR) is 87.7 cm³/mol. The van der Waals surface area contributed by atoms with Crippen molar-refractivity contribution in [3.05, 3.63) is 42.2 Å². The van der Waals surface area contributed by atoms with E-state index in [-0.39, 0.29) is 0 Å². The Hall–Kier alpha value is -2.01. The third kappa shape index (κ3) is 4.73. The van der Waals surface area contributed by atoms with E-state index in [1.807, 2.05) is 30.3 Å². The topological polar surface area (TPSA) is 47.7 Å². The number of ether oxygens (including phenoxy) is 2. The Balaban J connectivity index is 1.39. The van der Waals surface area contributed by atoms with Crippen molar-refractivity contribution in [1.29, 1.82) is 0 Å². The van der Waals surface area contributed by atoms with Gasteiger partial charge in [0.15, 0.2) is 5.76 Å². The molecule has 5 nitrogen and oxygen atoms in total. The molecule has 23 heavy (non-hydrogen) atoms. The van der Waals surface area contributed by atoms with E-state index in [0.29, 0.717) is 30.9 Å². The van der Waals surface area contributed by atoms with Gasteiger partial charge >= 0.3 is 0 Å². The molecule has 1 aromatic carbocycles. The van der Waals surface area contributed by atoms with Gasteiger partial charge in [0.2, 0.25) is 0 Å². The van der Waals surface area contributed by atoms with Crippen LogP contribution in [0.5, 0.6) is 11.6 Å². The molecule has 1 aliphatic rings.